The Balaban J connectivity index is 1.92. The van der Waals surface area contributed by atoms with Crippen LogP contribution in [0.4, 0.5) is 10.5 Å². The zero-order chi connectivity index (χ0) is 17.8. The average Bonchev–Trinajstić information content (AvgIpc) is 3.06. The van der Waals surface area contributed by atoms with Crippen LogP contribution in [-0.2, 0) is 16.0 Å². The first kappa shape index (κ1) is 17.0. The van der Waals surface area contributed by atoms with Gasteiger partial charge in [0.25, 0.3) is 0 Å². The van der Waals surface area contributed by atoms with E-state index in [2.05, 4.69) is 4.98 Å². The van der Waals surface area contributed by atoms with E-state index in [1.54, 1.807) is 18.0 Å². The number of aromatic nitrogens is 2. The Kier molecular flexibility index (Phi) is 5.02. The molecule has 0 bridgehead atoms. The van der Waals surface area contributed by atoms with E-state index in [0.717, 1.165) is 24.2 Å². The maximum Gasteiger partial charge on any atom is 0.414 e. The van der Waals surface area contributed by atoms with Gasteiger partial charge in [-0.15, -0.1) is 0 Å². The number of nitrogens with zero attached hydrogens (tertiary/aromatic N) is 3. The summed E-state index contributed by atoms with van der Waals surface area (Å²) in [5.41, 5.74) is 1.73. The predicted octanol–water partition coefficient (Wildman–Crippen LogP) is 3.31. The smallest absolute Gasteiger partial charge is 0.414 e. The molecule has 1 aromatic heterocycles. The lowest BCUT2D eigenvalue weighted by Gasteiger charge is -2.29. The van der Waals surface area contributed by atoms with Crippen LogP contribution in [0.1, 0.15) is 43.0 Å². The van der Waals surface area contributed by atoms with Gasteiger partial charge in [0, 0.05) is 6.20 Å². The summed E-state index contributed by atoms with van der Waals surface area (Å²) in [6.45, 7) is 4.69. The van der Waals surface area contributed by atoms with Crippen LogP contribution in [0, 0.1) is 0 Å². The number of fused-ring (bicyclic) bond motifs is 3. The number of rotatable bonds is 5. The summed E-state index contributed by atoms with van der Waals surface area (Å²) in [6, 6.07) is 7.46. The second-order valence-electron chi connectivity index (χ2n) is 5.68. The van der Waals surface area contributed by atoms with E-state index in [1.165, 1.54) is 0 Å². The van der Waals surface area contributed by atoms with Crippen molar-refractivity contribution in [2.75, 3.05) is 18.1 Å². The topological polar surface area (TPSA) is 73.7 Å². The molecule has 0 N–H and O–H groups in total. The van der Waals surface area contributed by atoms with E-state index in [9.17, 15) is 9.59 Å². The van der Waals surface area contributed by atoms with Crippen molar-refractivity contribution in [1.29, 1.82) is 0 Å². The fourth-order valence-electron chi connectivity index (χ4n) is 2.71. The molecule has 0 unspecified atom stereocenters. The number of para-hydroxylation sites is 2. The van der Waals surface area contributed by atoms with Crippen LogP contribution >= 0.6 is 0 Å². The monoisotopic (exact) mass is 343 g/mol. The third kappa shape index (κ3) is 3.35. The molecule has 1 aromatic carbocycles. The highest BCUT2D eigenvalue weighted by Gasteiger charge is 2.29. The third-order valence-electron chi connectivity index (χ3n) is 3.94. The molecule has 7 nitrogen and oxygen atoms in total. The van der Waals surface area contributed by atoms with Gasteiger partial charge in [0.05, 0.1) is 31.1 Å². The molecular weight excluding hydrogens is 322 g/mol. The first-order valence-electron chi connectivity index (χ1n) is 8.44. The van der Waals surface area contributed by atoms with Crippen LogP contribution in [0.3, 0.4) is 0 Å². The van der Waals surface area contributed by atoms with Crippen molar-refractivity contribution in [3.8, 4) is 5.69 Å². The Labute approximate surface area is 146 Å². The molecule has 1 amide bonds. The van der Waals surface area contributed by atoms with Crippen LogP contribution in [-0.4, -0.2) is 34.8 Å². The predicted molar refractivity (Wildman–Crippen MR) is 92.0 cm³/mol. The fraction of sp³-hybridized carbons (Fsp3) is 0.389. The van der Waals surface area contributed by atoms with Crippen molar-refractivity contribution in [2.45, 2.75) is 33.2 Å². The molecule has 0 aliphatic carbocycles. The summed E-state index contributed by atoms with van der Waals surface area (Å²) in [5, 5.41) is 0. The van der Waals surface area contributed by atoms with Crippen molar-refractivity contribution in [1.82, 2.24) is 9.55 Å². The van der Waals surface area contributed by atoms with Crippen LogP contribution in [0.5, 0.6) is 0 Å². The van der Waals surface area contributed by atoms with E-state index in [-0.39, 0.29) is 18.8 Å². The molecule has 25 heavy (non-hydrogen) atoms. The lowest BCUT2D eigenvalue weighted by molar-refractivity contribution is 0.0520. The van der Waals surface area contributed by atoms with Crippen molar-refractivity contribution in [3.05, 3.63) is 42.0 Å². The molecule has 132 valence electrons. The van der Waals surface area contributed by atoms with E-state index in [1.807, 2.05) is 35.8 Å². The summed E-state index contributed by atoms with van der Waals surface area (Å²) >= 11 is 0. The van der Waals surface area contributed by atoms with E-state index >= 15 is 0 Å². The molecule has 0 radical (unpaired) electrons. The van der Waals surface area contributed by atoms with Gasteiger partial charge in [-0.1, -0.05) is 25.5 Å². The van der Waals surface area contributed by atoms with Crippen molar-refractivity contribution in [3.63, 3.8) is 0 Å². The number of hydrogen-bond acceptors (Lipinski definition) is 5. The molecule has 3 rings (SSSR count). The number of amides is 1. The molecular formula is C18H21N3O4. The fourth-order valence-corrected chi connectivity index (χ4v) is 2.71. The first-order chi connectivity index (χ1) is 12.2. The number of carbonyl (C=O) groups is 2. The van der Waals surface area contributed by atoms with Gasteiger partial charge in [-0.25, -0.2) is 14.6 Å². The normalized spacial score (nSPS) is 12.3. The molecule has 2 aromatic rings. The van der Waals surface area contributed by atoms with Crippen molar-refractivity contribution < 1.29 is 19.1 Å². The Morgan fingerprint density at radius 1 is 1.16 bits per heavy atom. The van der Waals surface area contributed by atoms with Crippen LogP contribution < -0.4 is 4.90 Å². The number of imidazole rings is 1. The number of anilines is 1. The second kappa shape index (κ2) is 7.38. The molecule has 0 saturated carbocycles. The number of benzene rings is 1. The van der Waals surface area contributed by atoms with E-state index < -0.39 is 12.1 Å². The van der Waals surface area contributed by atoms with Gasteiger partial charge in [-0.2, -0.15) is 0 Å². The quantitative estimate of drug-likeness (QED) is 0.615. The molecule has 7 heteroatoms. The summed E-state index contributed by atoms with van der Waals surface area (Å²) in [5.74, 6) is 0.119. The summed E-state index contributed by atoms with van der Waals surface area (Å²) in [7, 11) is 0. The van der Waals surface area contributed by atoms with Gasteiger partial charge < -0.3 is 9.47 Å². The highest BCUT2D eigenvalue weighted by molar-refractivity contribution is 5.92. The average molecular weight is 343 g/mol. The standard InChI is InChI=1S/C18H21N3O4/c1-3-5-10-25-18(23)21-12-16-19-13(17(22)24-4-2)11-20(16)14-8-6-7-9-15(14)21/h6-9,11H,3-5,10,12H2,1-2H3. The summed E-state index contributed by atoms with van der Waals surface area (Å²) in [6.07, 6.45) is 3.01. The van der Waals surface area contributed by atoms with Gasteiger partial charge >= 0.3 is 12.1 Å². The number of ether oxygens (including phenoxy) is 2. The zero-order valence-corrected chi connectivity index (χ0v) is 14.4. The van der Waals surface area contributed by atoms with Gasteiger partial charge in [0.15, 0.2) is 5.69 Å². The van der Waals surface area contributed by atoms with Gasteiger partial charge in [0.2, 0.25) is 0 Å². The SMILES string of the molecule is CCCCOC(=O)N1Cc2nc(C(=O)OCC)cn2-c2ccccc21. The molecule has 0 fully saturated rings. The minimum Gasteiger partial charge on any atom is -0.461 e. The van der Waals surface area contributed by atoms with Crippen LogP contribution in [0.25, 0.3) is 5.69 Å². The second-order valence-corrected chi connectivity index (χ2v) is 5.68. The highest BCUT2D eigenvalue weighted by atomic mass is 16.6. The van der Waals surface area contributed by atoms with E-state index in [4.69, 9.17) is 9.47 Å². The Bertz CT molecular complexity index is 784. The molecule has 0 spiro atoms. The number of esters is 1. The Hall–Kier alpha value is -2.83. The largest absolute Gasteiger partial charge is 0.461 e. The van der Waals surface area contributed by atoms with Crippen LogP contribution in [0.2, 0.25) is 0 Å². The summed E-state index contributed by atoms with van der Waals surface area (Å²) < 4.78 is 12.2. The molecule has 0 saturated heterocycles. The first-order valence-corrected chi connectivity index (χ1v) is 8.44. The third-order valence-corrected chi connectivity index (χ3v) is 3.94. The van der Waals surface area contributed by atoms with Gasteiger partial charge in [0.1, 0.15) is 5.82 Å². The highest BCUT2D eigenvalue weighted by Crippen LogP contribution is 2.32. The summed E-state index contributed by atoms with van der Waals surface area (Å²) in [4.78, 5) is 30.3. The zero-order valence-electron chi connectivity index (χ0n) is 14.4. The lowest BCUT2D eigenvalue weighted by atomic mass is 10.2. The van der Waals surface area contributed by atoms with Gasteiger partial charge in [-0.3, -0.25) is 9.47 Å². The maximum atomic E-state index is 12.5. The van der Waals surface area contributed by atoms with Crippen LogP contribution in [0.15, 0.2) is 30.5 Å². The minimum absolute atomic E-state index is 0.229. The van der Waals surface area contributed by atoms with Crippen molar-refractivity contribution in [2.24, 2.45) is 0 Å². The Morgan fingerprint density at radius 2 is 1.92 bits per heavy atom. The lowest BCUT2D eigenvalue weighted by Crippen LogP contribution is -2.35. The number of unbranched alkanes of at least 4 members (excludes halogenated alkanes) is 1. The molecule has 2 heterocycles. The molecule has 1 aliphatic rings. The maximum absolute atomic E-state index is 12.5. The number of carbonyl (C=O) groups excluding carboxylic acids is 2. The minimum atomic E-state index is -0.473. The Morgan fingerprint density at radius 3 is 2.64 bits per heavy atom. The van der Waals surface area contributed by atoms with Gasteiger partial charge in [-0.05, 0) is 25.5 Å². The van der Waals surface area contributed by atoms with E-state index in [0.29, 0.717) is 12.4 Å². The molecule has 0 atom stereocenters. The van der Waals surface area contributed by atoms with Crippen molar-refractivity contribution >= 4 is 17.7 Å². The molecule has 1 aliphatic heterocycles. The number of hydrogen-bond donors (Lipinski definition) is 0.